The van der Waals surface area contributed by atoms with Crippen molar-refractivity contribution in [2.24, 2.45) is 0 Å². The lowest BCUT2D eigenvalue weighted by Crippen LogP contribution is -2.23. The smallest absolute Gasteiger partial charge is 0.254 e. The Kier molecular flexibility index (Phi) is 3.98. The number of thiazole rings is 1. The first-order valence-electron chi connectivity index (χ1n) is 5.24. The number of carbonyl (C=O) groups is 1. The van der Waals surface area contributed by atoms with Crippen molar-refractivity contribution in [1.29, 1.82) is 0 Å². The molecule has 0 fully saturated rings. The highest BCUT2D eigenvalue weighted by atomic mass is 32.1. The predicted octanol–water partition coefficient (Wildman–Crippen LogP) is 2.81. The standard InChI is InChI=1S/C12H11FN2OS2/c1-7-6-18-11(15-7)5-14-12(16)9-4-8(17)2-3-10(9)13/h2-4,6,17H,5H2,1H3,(H,14,16). The van der Waals surface area contributed by atoms with E-state index in [0.29, 0.717) is 11.4 Å². The molecule has 6 heteroatoms. The number of halogens is 1. The van der Waals surface area contributed by atoms with E-state index < -0.39 is 11.7 Å². The van der Waals surface area contributed by atoms with Gasteiger partial charge in [-0.15, -0.1) is 24.0 Å². The number of aryl methyl sites for hydroxylation is 1. The monoisotopic (exact) mass is 282 g/mol. The van der Waals surface area contributed by atoms with Gasteiger partial charge in [0, 0.05) is 16.0 Å². The van der Waals surface area contributed by atoms with E-state index in [1.807, 2.05) is 12.3 Å². The third-order valence-corrected chi connectivity index (χ3v) is 3.51. The van der Waals surface area contributed by atoms with Crippen LogP contribution in [0.3, 0.4) is 0 Å². The van der Waals surface area contributed by atoms with Crippen molar-refractivity contribution in [3.63, 3.8) is 0 Å². The van der Waals surface area contributed by atoms with Crippen molar-refractivity contribution < 1.29 is 9.18 Å². The van der Waals surface area contributed by atoms with Crippen molar-refractivity contribution in [2.75, 3.05) is 0 Å². The minimum absolute atomic E-state index is 0.00391. The molecule has 0 radical (unpaired) electrons. The molecule has 2 rings (SSSR count). The Hall–Kier alpha value is -1.40. The molecule has 0 spiro atoms. The summed E-state index contributed by atoms with van der Waals surface area (Å²) in [7, 11) is 0. The van der Waals surface area contributed by atoms with E-state index in [4.69, 9.17) is 0 Å². The number of nitrogens with zero attached hydrogens (tertiary/aromatic N) is 1. The molecule has 0 aliphatic rings. The molecule has 94 valence electrons. The number of carbonyl (C=O) groups excluding carboxylic acids is 1. The third-order valence-electron chi connectivity index (χ3n) is 2.26. The highest BCUT2D eigenvalue weighted by molar-refractivity contribution is 7.80. The van der Waals surface area contributed by atoms with Gasteiger partial charge >= 0.3 is 0 Å². The maximum absolute atomic E-state index is 13.4. The topological polar surface area (TPSA) is 42.0 Å². The van der Waals surface area contributed by atoms with Crippen LogP contribution in [0.1, 0.15) is 21.1 Å². The van der Waals surface area contributed by atoms with E-state index >= 15 is 0 Å². The van der Waals surface area contributed by atoms with Gasteiger partial charge < -0.3 is 5.32 Å². The molecule has 1 amide bonds. The predicted molar refractivity (Wildman–Crippen MR) is 71.7 cm³/mol. The summed E-state index contributed by atoms with van der Waals surface area (Å²) < 4.78 is 13.4. The molecule has 2 aromatic rings. The van der Waals surface area contributed by atoms with Crippen LogP contribution >= 0.6 is 24.0 Å². The van der Waals surface area contributed by atoms with E-state index in [9.17, 15) is 9.18 Å². The second-order valence-electron chi connectivity index (χ2n) is 3.73. The van der Waals surface area contributed by atoms with Gasteiger partial charge in [0.2, 0.25) is 0 Å². The molecule has 18 heavy (non-hydrogen) atoms. The molecule has 3 nitrogen and oxygen atoms in total. The summed E-state index contributed by atoms with van der Waals surface area (Å²) in [5.74, 6) is -1.02. The van der Waals surface area contributed by atoms with E-state index in [1.165, 1.54) is 29.5 Å². The summed E-state index contributed by atoms with van der Waals surface area (Å²) in [6.07, 6.45) is 0. The average molecular weight is 282 g/mol. The lowest BCUT2D eigenvalue weighted by Gasteiger charge is -2.05. The van der Waals surface area contributed by atoms with Crippen LogP contribution in [-0.2, 0) is 6.54 Å². The van der Waals surface area contributed by atoms with Crippen molar-refractivity contribution in [3.05, 3.63) is 45.7 Å². The van der Waals surface area contributed by atoms with Gasteiger partial charge in [0.15, 0.2) is 0 Å². The van der Waals surface area contributed by atoms with Gasteiger partial charge in [0.05, 0.1) is 12.1 Å². The molecule has 1 aromatic carbocycles. The van der Waals surface area contributed by atoms with Gasteiger partial charge in [-0.2, -0.15) is 0 Å². The lowest BCUT2D eigenvalue weighted by atomic mass is 10.2. The Morgan fingerprint density at radius 1 is 1.56 bits per heavy atom. The Morgan fingerprint density at radius 3 is 3.00 bits per heavy atom. The fraction of sp³-hybridized carbons (Fsp3) is 0.167. The molecule has 1 aromatic heterocycles. The minimum Gasteiger partial charge on any atom is -0.345 e. The number of hydrogen-bond acceptors (Lipinski definition) is 4. The Balaban J connectivity index is 2.05. The average Bonchev–Trinajstić information content (AvgIpc) is 2.75. The summed E-state index contributed by atoms with van der Waals surface area (Å²) in [5, 5.41) is 5.33. The number of aromatic nitrogens is 1. The zero-order valence-corrected chi connectivity index (χ0v) is 11.3. The maximum Gasteiger partial charge on any atom is 0.254 e. The largest absolute Gasteiger partial charge is 0.345 e. The summed E-state index contributed by atoms with van der Waals surface area (Å²) in [6.45, 7) is 2.18. The first-order valence-corrected chi connectivity index (χ1v) is 6.56. The molecular weight excluding hydrogens is 271 g/mol. The van der Waals surface area contributed by atoms with E-state index in [2.05, 4.69) is 22.9 Å². The van der Waals surface area contributed by atoms with E-state index in [-0.39, 0.29) is 5.56 Å². The van der Waals surface area contributed by atoms with E-state index in [1.54, 1.807) is 0 Å². The summed E-state index contributed by atoms with van der Waals surface area (Å²) in [5.41, 5.74) is 0.906. The van der Waals surface area contributed by atoms with Crippen LogP contribution in [0, 0.1) is 12.7 Å². The number of nitrogens with one attached hydrogen (secondary N) is 1. The molecule has 0 saturated carbocycles. The number of rotatable bonds is 3. The Labute approximate surface area is 113 Å². The molecule has 1 heterocycles. The van der Waals surface area contributed by atoms with Gasteiger partial charge in [0.1, 0.15) is 10.8 Å². The first-order chi connectivity index (χ1) is 8.56. The number of benzene rings is 1. The minimum atomic E-state index is -0.555. The molecule has 0 aliphatic carbocycles. The second-order valence-corrected chi connectivity index (χ2v) is 5.19. The number of amides is 1. The SMILES string of the molecule is Cc1csc(CNC(=O)c2cc(S)ccc2F)n1. The van der Waals surface area contributed by atoms with Crippen molar-refractivity contribution in [2.45, 2.75) is 18.4 Å². The summed E-state index contributed by atoms with van der Waals surface area (Å²) in [6, 6.07) is 4.13. The third kappa shape index (κ3) is 3.08. The van der Waals surface area contributed by atoms with Crippen LogP contribution in [0.2, 0.25) is 0 Å². The van der Waals surface area contributed by atoms with E-state index in [0.717, 1.165) is 10.7 Å². The van der Waals surface area contributed by atoms with Gasteiger partial charge in [0.25, 0.3) is 5.91 Å². The number of thiol groups is 1. The van der Waals surface area contributed by atoms with Crippen LogP contribution in [-0.4, -0.2) is 10.9 Å². The molecular formula is C12H11FN2OS2. The first kappa shape index (κ1) is 13.0. The maximum atomic E-state index is 13.4. The van der Waals surface area contributed by atoms with Gasteiger partial charge in [-0.25, -0.2) is 9.37 Å². The Bertz CT molecular complexity index is 583. The molecule has 0 bridgehead atoms. The highest BCUT2D eigenvalue weighted by Gasteiger charge is 2.12. The summed E-state index contributed by atoms with van der Waals surface area (Å²) in [4.78, 5) is 16.5. The van der Waals surface area contributed by atoms with Crippen LogP contribution in [0.4, 0.5) is 4.39 Å². The lowest BCUT2D eigenvalue weighted by molar-refractivity contribution is 0.0946. The number of hydrogen-bond donors (Lipinski definition) is 2. The van der Waals surface area contributed by atoms with Crippen LogP contribution < -0.4 is 5.32 Å². The molecule has 0 unspecified atom stereocenters. The van der Waals surface area contributed by atoms with Gasteiger partial charge in [-0.1, -0.05) is 0 Å². The van der Waals surface area contributed by atoms with Crippen LogP contribution in [0.25, 0.3) is 0 Å². The van der Waals surface area contributed by atoms with Gasteiger partial charge in [-0.3, -0.25) is 4.79 Å². The van der Waals surface area contributed by atoms with Crippen molar-refractivity contribution >= 4 is 29.9 Å². The highest BCUT2D eigenvalue weighted by Crippen LogP contribution is 2.14. The Morgan fingerprint density at radius 2 is 2.33 bits per heavy atom. The molecule has 0 saturated heterocycles. The molecule has 1 N–H and O–H groups in total. The second kappa shape index (κ2) is 5.49. The molecule has 0 atom stereocenters. The van der Waals surface area contributed by atoms with Crippen molar-refractivity contribution in [3.8, 4) is 0 Å². The molecule has 0 aliphatic heterocycles. The fourth-order valence-electron chi connectivity index (χ4n) is 1.42. The fourth-order valence-corrected chi connectivity index (χ4v) is 2.34. The zero-order chi connectivity index (χ0) is 13.1. The van der Waals surface area contributed by atoms with Crippen LogP contribution in [0.5, 0.6) is 0 Å². The zero-order valence-electron chi connectivity index (χ0n) is 9.61. The van der Waals surface area contributed by atoms with Crippen molar-refractivity contribution in [1.82, 2.24) is 10.3 Å². The normalized spacial score (nSPS) is 10.4. The quantitative estimate of drug-likeness (QED) is 0.850. The summed E-state index contributed by atoms with van der Waals surface area (Å²) >= 11 is 5.54. The van der Waals surface area contributed by atoms with Gasteiger partial charge in [-0.05, 0) is 25.1 Å². The van der Waals surface area contributed by atoms with Crippen LogP contribution in [0.15, 0.2) is 28.5 Å².